The number of nitrogens with zero attached hydrogens (tertiary/aromatic N) is 4. The SMILES string of the molecule is COc1ccc(CN(c2ncns2)S(=O)(=O)c2cc(F)c(O[C@H]3CN(C(=O)OC(C)(C)C)CC[C@@H]3c3ccc(F)cc3)cc2F)c(OC)c1. The Morgan fingerprint density at radius 2 is 1.73 bits per heavy atom. The van der Waals surface area contributed by atoms with Crippen LogP contribution in [0.1, 0.15) is 44.2 Å². The largest absolute Gasteiger partial charge is 0.497 e. The second kappa shape index (κ2) is 14.5. The van der Waals surface area contributed by atoms with Gasteiger partial charge in [0.25, 0.3) is 10.0 Å². The highest BCUT2D eigenvalue weighted by molar-refractivity contribution is 7.93. The summed E-state index contributed by atoms with van der Waals surface area (Å²) in [5, 5.41) is -0.0930. The van der Waals surface area contributed by atoms with E-state index in [1.165, 1.54) is 31.3 Å². The average Bonchev–Trinajstić information content (AvgIpc) is 3.59. The molecule has 1 aromatic heterocycles. The van der Waals surface area contributed by atoms with Crippen LogP contribution in [0.4, 0.5) is 23.1 Å². The third-order valence-electron chi connectivity index (χ3n) is 7.71. The van der Waals surface area contributed by atoms with E-state index < -0.39 is 61.8 Å². The first-order valence-electron chi connectivity index (χ1n) is 15.1. The molecule has 0 aliphatic carbocycles. The van der Waals surface area contributed by atoms with Crippen LogP contribution in [-0.2, 0) is 21.3 Å². The Hall–Kier alpha value is -4.57. The summed E-state index contributed by atoms with van der Waals surface area (Å²) in [6, 6.07) is 11.6. The fourth-order valence-corrected chi connectivity index (χ4v) is 7.56. The van der Waals surface area contributed by atoms with Crippen molar-refractivity contribution in [1.82, 2.24) is 14.3 Å². The van der Waals surface area contributed by atoms with E-state index in [0.717, 1.165) is 22.2 Å². The van der Waals surface area contributed by atoms with Gasteiger partial charge in [0.05, 0.1) is 27.3 Å². The van der Waals surface area contributed by atoms with E-state index in [1.807, 2.05) is 0 Å². The summed E-state index contributed by atoms with van der Waals surface area (Å²) in [5.41, 5.74) is 0.275. The molecule has 5 rings (SSSR count). The third kappa shape index (κ3) is 8.19. The second-order valence-electron chi connectivity index (χ2n) is 12.2. The number of aromatic nitrogens is 2. The lowest BCUT2D eigenvalue weighted by Crippen LogP contribution is -2.49. The lowest BCUT2D eigenvalue weighted by molar-refractivity contribution is 0.00280. The highest BCUT2D eigenvalue weighted by atomic mass is 32.2. The van der Waals surface area contributed by atoms with E-state index in [1.54, 1.807) is 51.1 Å². The molecule has 0 N–H and O–H groups in total. The lowest BCUT2D eigenvalue weighted by atomic mass is 9.87. The van der Waals surface area contributed by atoms with Gasteiger partial charge in [-0.1, -0.05) is 12.1 Å². The number of piperidine rings is 1. The Labute approximate surface area is 286 Å². The minimum Gasteiger partial charge on any atom is -0.497 e. The number of carbonyl (C=O) groups is 1. The van der Waals surface area contributed by atoms with Crippen molar-refractivity contribution in [3.63, 3.8) is 0 Å². The van der Waals surface area contributed by atoms with Crippen molar-refractivity contribution in [2.24, 2.45) is 0 Å². The van der Waals surface area contributed by atoms with Crippen molar-refractivity contribution in [2.75, 3.05) is 31.6 Å². The number of ether oxygens (including phenoxy) is 4. The van der Waals surface area contributed by atoms with E-state index >= 15 is 8.78 Å². The highest BCUT2D eigenvalue weighted by Gasteiger charge is 2.38. The second-order valence-corrected chi connectivity index (χ2v) is 14.7. The quantitative estimate of drug-likeness (QED) is 0.180. The maximum atomic E-state index is 15.9. The smallest absolute Gasteiger partial charge is 0.410 e. The van der Waals surface area contributed by atoms with Gasteiger partial charge in [0, 0.05) is 47.8 Å². The number of rotatable bonds is 10. The van der Waals surface area contributed by atoms with Crippen LogP contribution in [0.3, 0.4) is 0 Å². The van der Waals surface area contributed by atoms with Gasteiger partial charge in [0.15, 0.2) is 11.6 Å². The zero-order chi connectivity index (χ0) is 35.5. The van der Waals surface area contributed by atoms with Crippen LogP contribution in [0.2, 0.25) is 0 Å². The minimum absolute atomic E-state index is 0.0629. The Morgan fingerprint density at radius 3 is 2.37 bits per heavy atom. The summed E-state index contributed by atoms with van der Waals surface area (Å²) in [7, 11) is -1.92. The van der Waals surface area contributed by atoms with Gasteiger partial charge in [-0.25, -0.2) is 35.7 Å². The van der Waals surface area contributed by atoms with Crippen molar-refractivity contribution >= 4 is 32.8 Å². The topological polar surface area (TPSA) is 120 Å². The zero-order valence-electron chi connectivity index (χ0n) is 27.4. The van der Waals surface area contributed by atoms with Crippen LogP contribution in [0, 0.1) is 17.5 Å². The third-order valence-corrected chi connectivity index (χ3v) is 10.3. The maximum absolute atomic E-state index is 15.9. The molecule has 0 unspecified atom stereocenters. The van der Waals surface area contributed by atoms with Gasteiger partial charge in [0.2, 0.25) is 5.13 Å². The number of benzene rings is 3. The molecule has 2 atom stereocenters. The fraction of sp³-hybridized carbons (Fsp3) is 0.364. The summed E-state index contributed by atoms with van der Waals surface area (Å²) in [5.74, 6) is -3.16. The molecule has 49 heavy (non-hydrogen) atoms. The lowest BCUT2D eigenvalue weighted by Gasteiger charge is -2.39. The normalized spacial score (nSPS) is 16.6. The Bertz CT molecular complexity index is 1890. The van der Waals surface area contributed by atoms with Crippen LogP contribution < -0.4 is 18.5 Å². The van der Waals surface area contributed by atoms with E-state index in [-0.39, 0.29) is 24.8 Å². The van der Waals surface area contributed by atoms with E-state index in [2.05, 4.69) is 9.36 Å². The standard InChI is InChI=1S/C33H35F3N4O7S2/c1-33(2,3)47-32(41)39-13-12-24(20-6-9-22(34)10-7-20)29(18-39)46-28-15-26(36)30(16-25(28)35)49(42,43)40(31-37-19-38-48-31)17-21-8-11-23(44-4)14-27(21)45-5/h6-11,14-16,19,24,29H,12-13,17-18H2,1-5H3/t24-,29+/m1/s1. The highest BCUT2D eigenvalue weighted by Crippen LogP contribution is 2.37. The Kier molecular flexibility index (Phi) is 10.6. The predicted octanol–water partition coefficient (Wildman–Crippen LogP) is 6.54. The molecule has 0 saturated carbocycles. The average molecular weight is 721 g/mol. The van der Waals surface area contributed by atoms with Crippen LogP contribution in [0.5, 0.6) is 17.2 Å². The number of anilines is 1. The van der Waals surface area contributed by atoms with Crippen LogP contribution in [-0.4, -0.2) is 67.8 Å². The van der Waals surface area contributed by atoms with Gasteiger partial charge in [-0.15, -0.1) is 0 Å². The van der Waals surface area contributed by atoms with Crippen LogP contribution >= 0.6 is 11.5 Å². The van der Waals surface area contributed by atoms with Crippen LogP contribution in [0.15, 0.2) is 65.8 Å². The molecule has 262 valence electrons. The molecule has 0 spiro atoms. The molecular formula is C33H35F3N4O7S2. The molecule has 1 amide bonds. The molecule has 0 bridgehead atoms. The molecule has 1 fully saturated rings. The number of amides is 1. The van der Waals surface area contributed by atoms with E-state index in [4.69, 9.17) is 18.9 Å². The summed E-state index contributed by atoms with van der Waals surface area (Å²) in [6.07, 6.45) is -0.0534. The van der Waals surface area contributed by atoms with Gasteiger partial charge < -0.3 is 23.8 Å². The Balaban J connectivity index is 1.47. The summed E-state index contributed by atoms with van der Waals surface area (Å²) in [4.78, 5) is 17.4. The molecule has 2 heterocycles. The number of likely N-dealkylation sites (tertiary alicyclic amines) is 1. The first-order valence-corrected chi connectivity index (χ1v) is 17.3. The molecule has 1 aliphatic heterocycles. The molecule has 1 saturated heterocycles. The first kappa shape index (κ1) is 35.7. The number of sulfonamides is 1. The summed E-state index contributed by atoms with van der Waals surface area (Å²) >= 11 is 0.747. The molecule has 16 heteroatoms. The number of methoxy groups -OCH3 is 2. The molecule has 0 radical (unpaired) electrons. The van der Waals surface area contributed by atoms with Crippen molar-refractivity contribution in [1.29, 1.82) is 0 Å². The van der Waals surface area contributed by atoms with E-state index in [9.17, 15) is 17.6 Å². The van der Waals surface area contributed by atoms with Gasteiger partial charge in [0.1, 0.15) is 46.1 Å². The number of hydrogen-bond acceptors (Lipinski definition) is 10. The minimum atomic E-state index is -4.78. The van der Waals surface area contributed by atoms with Crippen molar-refractivity contribution < 1.29 is 45.3 Å². The fourth-order valence-electron chi connectivity index (χ4n) is 5.37. The van der Waals surface area contributed by atoms with Gasteiger partial charge in [-0.05, 0) is 57.0 Å². The molecule has 3 aromatic carbocycles. The summed E-state index contributed by atoms with van der Waals surface area (Å²) in [6.45, 7) is 5.01. The predicted molar refractivity (Wildman–Crippen MR) is 175 cm³/mol. The zero-order valence-corrected chi connectivity index (χ0v) is 29.0. The van der Waals surface area contributed by atoms with E-state index in [0.29, 0.717) is 41.2 Å². The molecule has 1 aliphatic rings. The monoisotopic (exact) mass is 720 g/mol. The Morgan fingerprint density at radius 1 is 1.00 bits per heavy atom. The summed E-state index contributed by atoms with van der Waals surface area (Å²) < 4.78 is 100. The molecule has 11 nitrogen and oxygen atoms in total. The van der Waals surface area contributed by atoms with Crippen molar-refractivity contribution in [3.05, 3.63) is 89.5 Å². The number of carbonyl (C=O) groups excluding carboxylic acids is 1. The van der Waals surface area contributed by atoms with Crippen LogP contribution in [0.25, 0.3) is 0 Å². The number of hydrogen-bond donors (Lipinski definition) is 0. The number of halogens is 3. The van der Waals surface area contributed by atoms with Crippen molar-refractivity contribution in [2.45, 2.75) is 56.3 Å². The first-order chi connectivity index (χ1) is 23.2. The maximum Gasteiger partial charge on any atom is 0.410 e. The molecular weight excluding hydrogens is 686 g/mol. The van der Waals surface area contributed by atoms with Gasteiger partial charge in [-0.3, -0.25) is 0 Å². The van der Waals surface area contributed by atoms with Gasteiger partial charge >= 0.3 is 6.09 Å². The van der Waals surface area contributed by atoms with Crippen molar-refractivity contribution in [3.8, 4) is 17.2 Å². The van der Waals surface area contributed by atoms with Gasteiger partial charge in [-0.2, -0.15) is 4.37 Å². The molecule has 4 aromatic rings.